The van der Waals surface area contributed by atoms with Crippen LogP contribution in [0.1, 0.15) is 57.1 Å². The third-order valence-corrected chi connectivity index (χ3v) is 6.89. The average molecular weight is 465 g/mol. The van der Waals surface area contributed by atoms with Crippen LogP contribution in [0.15, 0.2) is 48.5 Å². The van der Waals surface area contributed by atoms with Crippen molar-refractivity contribution < 1.29 is 24.2 Å². The average Bonchev–Trinajstić information content (AvgIpc) is 3.38. The molecule has 2 aromatic rings. The Balaban J connectivity index is 1.42. The number of fused-ring (bicyclic) bond motifs is 3. The van der Waals surface area contributed by atoms with Crippen LogP contribution in [0, 0.1) is 11.3 Å². The first-order chi connectivity index (χ1) is 16.2. The van der Waals surface area contributed by atoms with Crippen molar-refractivity contribution in [1.82, 2.24) is 10.6 Å². The molecule has 1 fully saturated rings. The molecule has 2 amide bonds. The van der Waals surface area contributed by atoms with Crippen LogP contribution < -0.4 is 10.6 Å². The lowest BCUT2D eigenvalue weighted by Gasteiger charge is -2.31. The molecule has 3 atom stereocenters. The summed E-state index contributed by atoms with van der Waals surface area (Å²) in [7, 11) is 0. The van der Waals surface area contributed by atoms with Gasteiger partial charge in [-0.3, -0.25) is 9.59 Å². The second-order valence-corrected chi connectivity index (χ2v) is 10.3. The van der Waals surface area contributed by atoms with Gasteiger partial charge in [0.15, 0.2) is 0 Å². The lowest BCUT2D eigenvalue weighted by molar-refractivity contribution is -0.142. The van der Waals surface area contributed by atoms with Crippen molar-refractivity contribution in [1.29, 1.82) is 0 Å². The predicted molar refractivity (Wildman–Crippen MR) is 128 cm³/mol. The Morgan fingerprint density at radius 1 is 1.00 bits per heavy atom. The molecule has 0 aliphatic heterocycles. The smallest absolute Gasteiger partial charge is 0.407 e. The Bertz CT molecular complexity index is 1040. The van der Waals surface area contributed by atoms with Crippen molar-refractivity contribution in [2.75, 3.05) is 6.61 Å². The number of carbonyl (C=O) groups is 3. The Kier molecular flexibility index (Phi) is 6.64. The molecule has 2 aliphatic carbocycles. The molecule has 0 spiro atoms. The first kappa shape index (κ1) is 23.8. The molecule has 7 nitrogen and oxygen atoms in total. The van der Waals surface area contributed by atoms with Gasteiger partial charge < -0.3 is 20.5 Å². The van der Waals surface area contributed by atoms with Gasteiger partial charge in [-0.05, 0) is 40.5 Å². The minimum absolute atomic E-state index is 0.0742. The van der Waals surface area contributed by atoms with Gasteiger partial charge in [0.25, 0.3) is 0 Å². The first-order valence-corrected chi connectivity index (χ1v) is 11.8. The SMILES string of the molecule is CC(C)(C)[C@@H](NC(=O)OCC1c2ccccc2-c2ccccc21)C(=O)NC1CCCC1C(=O)O. The van der Waals surface area contributed by atoms with E-state index in [0.29, 0.717) is 12.8 Å². The zero-order valence-corrected chi connectivity index (χ0v) is 19.8. The number of aliphatic carboxylic acids is 1. The maximum atomic E-state index is 13.1. The Hall–Kier alpha value is -3.35. The van der Waals surface area contributed by atoms with Crippen molar-refractivity contribution in [2.45, 2.75) is 58.0 Å². The monoisotopic (exact) mass is 464 g/mol. The van der Waals surface area contributed by atoms with Crippen molar-refractivity contribution in [3.8, 4) is 11.1 Å². The Morgan fingerprint density at radius 3 is 2.15 bits per heavy atom. The number of hydrogen-bond donors (Lipinski definition) is 3. The van der Waals surface area contributed by atoms with E-state index in [1.165, 1.54) is 0 Å². The second-order valence-electron chi connectivity index (χ2n) is 10.3. The second kappa shape index (κ2) is 9.49. The van der Waals surface area contributed by atoms with Gasteiger partial charge in [0.1, 0.15) is 12.6 Å². The third-order valence-electron chi connectivity index (χ3n) is 6.89. The molecule has 2 aliphatic rings. The summed E-state index contributed by atoms with van der Waals surface area (Å²) in [5, 5.41) is 15.0. The van der Waals surface area contributed by atoms with Crippen molar-refractivity contribution in [3.05, 3.63) is 59.7 Å². The molecule has 180 valence electrons. The molecule has 34 heavy (non-hydrogen) atoms. The zero-order valence-electron chi connectivity index (χ0n) is 19.8. The minimum Gasteiger partial charge on any atom is -0.481 e. The Morgan fingerprint density at radius 2 is 1.59 bits per heavy atom. The van der Waals surface area contributed by atoms with E-state index in [1.807, 2.05) is 57.2 Å². The summed E-state index contributed by atoms with van der Waals surface area (Å²) in [5.74, 6) is -1.97. The molecule has 0 aromatic heterocycles. The fourth-order valence-electron chi connectivity index (χ4n) is 5.13. The van der Waals surface area contributed by atoms with Crippen LogP contribution in [-0.4, -0.2) is 41.8 Å². The van der Waals surface area contributed by atoms with Gasteiger partial charge in [0.2, 0.25) is 5.91 Å². The van der Waals surface area contributed by atoms with E-state index in [2.05, 4.69) is 22.8 Å². The highest BCUT2D eigenvalue weighted by Crippen LogP contribution is 2.44. The normalized spacial score (nSPS) is 20.2. The van der Waals surface area contributed by atoms with Crippen molar-refractivity contribution in [2.24, 2.45) is 11.3 Å². The van der Waals surface area contributed by atoms with Crippen molar-refractivity contribution in [3.63, 3.8) is 0 Å². The summed E-state index contributed by atoms with van der Waals surface area (Å²) >= 11 is 0. The molecular formula is C27H32N2O5. The summed E-state index contributed by atoms with van der Waals surface area (Å²) in [6.45, 7) is 5.71. The summed E-state index contributed by atoms with van der Waals surface area (Å²) in [4.78, 5) is 37.3. The number of carbonyl (C=O) groups excluding carboxylic acids is 2. The molecule has 2 aromatic carbocycles. The van der Waals surface area contributed by atoms with Crippen LogP contribution in [-0.2, 0) is 14.3 Å². The van der Waals surface area contributed by atoms with E-state index >= 15 is 0 Å². The standard InChI is InChI=1S/C27H32N2O5/c1-27(2,3)23(24(30)28-22-14-8-13-20(22)25(31)32)29-26(33)34-15-21-18-11-6-4-9-16(18)17-10-5-7-12-19(17)21/h4-7,9-12,20-23H,8,13-15H2,1-3H3,(H,28,30)(H,29,33)(H,31,32)/t20?,22?,23-/m0/s1. The van der Waals surface area contributed by atoms with Gasteiger partial charge in [-0.15, -0.1) is 0 Å². The van der Waals surface area contributed by atoms with Crippen LogP contribution in [0.5, 0.6) is 0 Å². The maximum absolute atomic E-state index is 13.1. The number of carboxylic acid groups (broad SMARTS) is 1. The largest absolute Gasteiger partial charge is 0.481 e. The summed E-state index contributed by atoms with van der Waals surface area (Å²) < 4.78 is 5.62. The number of hydrogen-bond acceptors (Lipinski definition) is 4. The number of carboxylic acids is 1. The number of nitrogens with one attached hydrogen (secondary N) is 2. The highest BCUT2D eigenvalue weighted by Gasteiger charge is 2.39. The van der Waals surface area contributed by atoms with Crippen LogP contribution in [0.4, 0.5) is 4.79 Å². The van der Waals surface area contributed by atoms with E-state index in [-0.39, 0.29) is 18.4 Å². The van der Waals surface area contributed by atoms with Gasteiger partial charge >= 0.3 is 12.1 Å². The molecule has 4 rings (SSSR count). The predicted octanol–water partition coefficient (Wildman–Crippen LogP) is 4.31. The maximum Gasteiger partial charge on any atom is 0.407 e. The first-order valence-electron chi connectivity index (χ1n) is 11.8. The number of rotatable bonds is 6. The summed E-state index contributed by atoms with van der Waals surface area (Å²) in [5.41, 5.74) is 3.92. The minimum atomic E-state index is -0.903. The van der Waals surface area contributed by atoms with Crippen LogP contribution in [0.2, 0.25) is 0 Å². The highest BCUT2D eigenvalue weighted by atomic mass is 16.5. The highest BCUT2D eigenvalue weighted by molar-refractivity contribution is 5.87. The molecule has 3 N–H and O–H groups in total. The fourth-order valence-corrected chi connectivity index (χ4v) is 5.13. The number of ether oxygens (including phenoxy) is 1. The summed E-state index contributed by atoms with van der Waals surface area (Å²) in [6.07, 6.45) is 1.24. The van der Waals surface area contributed by atoms with Gasteiger partial charge in [-0.25, -0.2) is 4.79 Å². The molecule has 0 saturated heterocycles. The molecular weight excluding hydrogens is 432 g/mol. The van der Waals surface area contributed by atoms with E-state index in [9.17, 15) is 19.5 Å². The molecule has 0 radical (unpaired) electrons. The topological polar surface area (TPSA) is 105 Å². The van der Waals surface area contributed by atoms with E-state index in [4.69, 9.17) is 4.74 Å². The summed E-state index contributed by atoms with van der Waals surface area (Å²) in [6, 6.07) is 14.9. The lowest BCUT2D eigenvalue weighted by Crippen LogP contribution is -2.56. The Labute approximate surface area is 199 Å². The van der Waals surface area contributed by atoms with Gasteiger partial charge in [0, 0.05) is 12.0 Å². The zero-order chi connectivity index (χ0) is 24.5. The molecule has 1 saturated carbocycles. The quantitative estimate of drug-likeness (QED) is 0.591. The fraction of sp³-hybridized carbons (Fsp3) is 0.444. The molecule has 0 heterocycles. The van der Waals surface area contributed by atoms with Crippen LogP contribution in [0.25, 0.3) is 11.1 Å². The molecule has 0 bridgehead atoms. The van der Waals surface area contributed by atoms with E-state index < -0.39 is 35.5 Å². The van der Waals surface area contributed by atoms with E-state index in [1.54, 1.807) is 0 Å². The van der Waals surface area contributed by atoms with Crippen molar-refractivity contribution >= 4 is 18.0 Å². The van der Waals surface area contributed by atoms with Gasteiger partial charge in [-0.2, -0.15) is 0 Å². The molecule has 2 unspecified atom stereocenters. The molecule has 7 heteroatoms. The lowest BCUT2D eigenvalue weighted by atomic mass is 9.86. The number of alkyl carbamates (subject to hydrolysis) is 1. The van der Waals surface area contributed by atoms with Gasteiger partial charge in [0.05, 0.1) is 5.92 Å². The van der Waals surface area contributed by atoms with Crippen LogP contribution in [0.3, 0.4) is 0 Å². The van der Waals surface area contributed by atoms with E-state index in [0.717, 1.165) is 28.7 Å². The van der Waals surface area contributed by atoms with Crippen LogP contribution >= 0.6 is 0 Å². The third kappa shape index (κ3) is 4.79. The van der Waals surface area contributed by atoms with Gasteiger partial charge in [-0.1, -0.05) is 75.7 Å². The number of amides is 2. The number of benzene rings is 2.